The molecule has 1 amide bonds. The van der Waals surface area contributed by atoms with Gasteiger partial charge in [0.15, 0.2) is 0 Å². The Morgan fingerprint density at radius 2 is 1.89 bits per heavy atom. The molecule has 102 valence electrons. The maximum Gasteiger partial charge on any atom is 0.324 e. The van der Waals surface area contributed by atoms with Gasteiger partial charge in [-0.1, -0.05) is 18.2 Å². The van der Waals surface area contributed by atoms with Crippen molar-refractivity contribution in [1.29, 1.82) is 0 Å². The van der Waals surface area contributed by atoms with Gasteiger partial charge in [-0.3, -0.25) is 4.79 Å². The molecule has 1 heterocycles. The summed E-state index contributed by atoms with van der Waals surface area (Å²) in [6.07, 6.45) is -2.58. The number of halogens is 4. The van der Waals surface area contributed by atoms with E-state index in [0.29, 0.717) is 24.1 Å². The second-order valence-corrected chi connectivity index (χ2v) is 5.05. The molecule has 1 saturated carbocycles. The van der Waals surface area contributed by atoms with E-state index in [2.05, 4.69) is 0 Å². The lowest BCUT2D eigenvalue weighted by Crippen LogP contribution is -2.44. The quantitative estimate of drug-likeness (QED) is 0.775. The number of hydrogen-bond donors (Lipinski definition) is 0. The number of carbonyl (C=O) groups is 1. The number of hydrogen-bond acceptors (Lipinski definition) is 1. The van der Waals surface area contributed by atoms with E-state index in [-0.39, 0.29) is 0 Å². The van der Waals surface area contributed by atoms with Crippen molar-refractivity contribution in [3.63, 3.8) is 0 Å². The van der Waals surface area contributed by atoms with Gasteiger partial charge in [0.25, 0.3) is 0 Å². The molecule has 0 radical (unpaired) electrons. The lowest BCUT2D eigenvalue weighted by atomic mass is 9.98. The van der Waals surface area contributed by atoms with Crippen LogP contribution in [0.1, 0.15) is 18.4 Å². The highest BCUT2D eigenvalue weighted by Gasteiger charge is 2.60. The molecule has 1 aromatic carbocycles. The van der Waals surface area contributed by atoms with Crippen LogP contribution in [-0.2, 0) is 10.2 Å². The summed E-state index contributed by atoms with van der Waals surface area (Å²) in [4.78, 5) is 13.0. The van der Waals surface area contributed by atoms with Crippen molar-refractivity contribution in [1.82, 2.24) is 0 Å². The van der Waals surface area contributed by atoms with Crippen LogP contribution in [0.25, 0.3) is 0 Å². The SMILES string of the molecule is O=C1N(CC(F)(F)C(F)F)c2ccccc2C12CC2. The lowest BCUT2D eigenvalue weighted by Gasteiger charge is -2.24. The fourth-order valence-electron chi connectivity index (χ4n) is 2.64. The van der Waals surface area contributed by atoms with Crippen molar-refractivity contribution in [2.45, 2.75) is 30.6 Å². The Morgan fingerprint density at radius 3 is 2.47 bits per heavy atom. The van der Waals surface area contributed by atoms with E-state index in [0.717, 1.165) is 4.90 Å². The van der Waals surface area contributed by atoms with Gasteiger partial charge in [0, 0.05) is 5.69 Å². The third-order valence-electron chi connectivity index (χ3n) is 3.80. The number of carbonyl (C=O) groups excluding carboxylic acids is 1. The average molecular weight is 273 g/mol. The van der Waals surface area contributed by atoms with E-state index in [1.54, 1.807) is 18.2 Å². The maximum atomic E-state index is 13.2. The van der Waals surface area contributed by atoms with E-state index >= 15 is 0 Å². The molecule has 19 heavy (non-hydrogen) atoms. The number of benzene rings is 1. The van der Waals surface area contributed by atoms with Crippen LogP contribution in [0.15, 0.2) is 24.3 Å². The summed E-state index contributed by atoms with van der Waals surface area (Å²) in [5.41, 5.74) is 0.296. The minimum atomic E-state index is -4.19. The maximum absolute atomic E-state index is 13.2. The predicted molar refractivity (Wildman–Crippen MR) is 60.7 cm³/mol. The monoisotopic (exact) mass is 273 g/mol. The second kappa shape index (κ2) is 3.71. The molecule has 0 aromatic heterocycles. The smallest absolute Gasteiger partial charge is 0.305 e. The molecule has 0 unspecified atom stereocenters. The molecule has 1 aliphatic heterocycles. The van der Waals surface area contributed by atoms with Crippen molar-refractivity contribution in [2.24, 2.45) is 0 Å². The summed E-state index contributed by atoms with van der Waals surface area (Å²) < 4.78 is 51.0. The van der Waals surface area contributed by atoms with Gasteiger partial charge in [-0.2, -0.15) is 8.78 Å². The first kappa shape index (κ1) is 12.4. The number of amides is 1. The summed E-state index contributed by atoms with van der Waals surface area (Å²) in [6.45, 7) is -1.26. The number of anilines is 1. The Balaban J connectivity index is 1.98. The average Bonchev–Trinajstić information content (AvgIpc) is 3.12. The van der Waals surface area contributed by atoms with Crippen LogP contribution in [0, 0.1) is 0 Å². The molecule has 2 nitrogen and oxygen atoms in total. The van der Waals surface area contributed by atoms with Crippen LogP contribution in [-0.4, -0.2) is 24.8 Å². The lowest BCUT2D eigenvalue weighted by molar-refractivity contribution is -0.131. The van der Waals surface area contributed by atoms with Crippen molar-refractivity contribution >= 4 is 11.6 Å². The Bertz CT molecular complexity index is 539. The van der Waals surface area contributed by atoms with Crippen molar-refractivity contribution in [3.05, 3.63) is 29.8 Å². The summed E-state index contributed by atoms with van der Waals surface area (Å²) in [6, 6.07) is 6.57. The summed E-state index contributed by atoms with van der Waals surface area (Å²) in [5, 5.41) is 0. The molecule has 0 saturated heterocycles. The Labute approximate surface area is 107 Å². The molecule has 6 heteroatoms. The van der Waals surface area contributed by atoms with Gasteiger partial charge in [0.1, 0.15) is 0 Å². The Kier molecular flexibility index (Phi) is 2.43. The third-order valence-corrected chi connectivity index (χ3v) is 3.80. The van der Waals surface area contributed by atoms with Gasteiger partial charge in [-0.25, -0.2) is 8.78 Å². The number of nitrogens with zero attached hydrogens (tertiary/aromatic N) is 1. The van der Waals surface area contributed by atoms with Crippen molar-refractivity contribution < 1.29 is 22.4 Å². The highest BCUT2D eigenvalue weighted by Crippen LogP contribution is 2.57. The summed E-state index contributed by atoms with van der Waals surface area (Å²) >= 11 is 0. The van der Waals surface area contributed by atoms with Gasteiger partial charge < -0.3 is 4.90 Å². The fraction of sp³-hybridized carbons (Fsp3) is 0.462. The molecule has 3 rings (SSSR count). The number of rotatable bonds is 3. The summed E-state index contributed by atoms with van der Waals surface area (Å²) in [7, 11) is 0. The van der Waals surface area contributed by atoms with Crippen molar-refractivity contribution in [3.8, 4) is 0 Å². The standard InChI is InChI=1S/C13H11F4NO/c14-10(15)13(16,17)7-18-9-4-2-1-3-8(9)12(5-6-12)11(18)19/h1-4,10H,5-7H2. The first-order valence-corrected chi connectivity index (χ1v) is 5.96. The number of para-hydroxylation sites is 1. The molecule has 0 atom stereocenters. The highest BCUT2D eigenvalue weighted by molar-refractivity contribution is 6.10. The topological polar surface area (TPSA) is 20.3 Å². The van der Waals surface area contributed by atoms with E-state index < -0.39 is 30.2 Å². The van der Waals surface area contributed by atoms with Crippen LogP contribution >= 0.6 is 0 Å². The molecule has 1 aliphatic carbocycles. The van der Waals surface area contributed by atoms with Crippen LogP contribution in [0.4, 0.5) is 23.2 Å². The molecule has 0 N–H and O–H groups in total. The molecule has 1 fully saturated rings. The highest BCUT2D eigenvalue weighted by atomic mass is 19.3. The fourth-order valence-corrected chi connectivity index (χ4v) is 2.64. The van der Waals surface area contributed by atoms with Gasteiger partial charge >= 0.3 is 12.3 Å². The first-order valence-electron chi connectivity index (χ1n) is 5.96. The van der Waals surface area contributed by atoms with Crippen LogP contribution < -0.4 is 4.90 Å². The van der Waals surface area contributed by atoms with E-state index in [9.17, 15) is 22.4 Å². The Hall–Kier alpha value is -1.59. The number of fused-ring (bicyclic) bond motifs is 2. The van der Waals surface area contributed by atoms with Crippen molar-refractivity contribution in [2.75, 3.05) is 11.4 Å². The zero-order valence-electron chi connectivity index (χ0n) is 9.88. The predicted octanol–water partition coefficient (Wildman–Crippen LogP) is 2.97. The summed E-state index contributed by atoms with van der Waals surface area (Å²) in [5.74, 6) is -4.67. The molecule has 1 spiro atoms. The molecular formula is C13H11F4NO. The van der Waals surface area contributed by atoms with Gasteiger partial charge in [0.05, 0.1) is 12.0 Å². The van der Waals surface area contributed by atoms with E-state index in [4.69, 9.17) is 0 Å². The zero-order valence-corrected chi connectivity index (χ0v) is 9.88. The second-order valence-electron chi connectivity index (χ2n) is 5.05. The van der Waals surface area contributed by atoms with Crippen LogP contribution in [0.2, 0.25) is 0 Å². The molecule has 1 aromatic rings. The van der Waals surface area contributed by atoms with Gasteiger partial charge in [-0.05, 0) is 24.5 Å². The van der Waals surface area contributed by atoms with Gasteiger partial charge in [0.2, 0.25) is 5.91 Å². The van der Waals surface area contributed by atoms with Crippen LogP contribution in [0.3, 0.4) is 0 Å². The minimum absolute atomic E-state index is 0.338. The minimum Gasteiger partial charge on any atom is -0.305 e. The molecule has 2 aliphatic rings. The Morgan fingerprint density at radius 1 is 1.26 bits per heavy atom. The molecule has 0 bridgehead atoms. The molecular weight excluding hydrogens is 262 g/mol. The normalized spacial score (nSPS) is 20.3. The van der Waals surface area contributed by atoms with E-state index in [1.807, 2.05) is 0 Å². The first-order chi connectivity index (χ1) is 8.88. The van der Waals surface area contributed by atoms with Crippen LogP contribution in [0.5, 0.6) is 0 Å². The number of alkyl halides is 4. The largest absolute Gasteiger partial charge is 0.324 e. The van der Waals surface area contributed by atoms with E-state index in [1.165, 1.54) is 6.07 Å². The third kappa shape index (κ3) is 1.65. The van der Waals surface area contributed by atoms with Gasteiger partial charge in [-0.15, -0.1) is 0 Å². The zero-order chi connectivity index (χ0) is 13.8.